The second-order valence-electron chi connectivity index (χ2n) is 2.65. The first-order valence-electron chi connectivity index (χ1n) is 4.34. The Hall–Kier alpha value is -0.870. The van der Waals surface area contributed by atoms with E-state index in [2.05, 4.69) is 11.5 Å². The van der Waals surface area contributed by atoms with Crippen LogP contribution in [0.2, 0.25) is 0 Å². The largest absolute Gasteiger partial charge is 0.459 e. The molecule has 0 aromatic heterocycles. The molecular weight excluding hydrogens is 172 g/mol. The zero-order chi connectivity index (χ0) is 10.1. The smallest absolute Gasteiger partial charge is 0.330 e. The van der Waals surface area contributed by atoms with Gasteiger partial charge >= 0.3 is 5.97 Å². The van der Waals surface area contributed by atoms with Crippen molar-refractivity contribution >= 4 is 5.97 Å². The minimum atomic E-state index is -0.406. The van der Waals surface area contributed by atoms with Gasteiger partial charge in [0.15, 0.2) is 0 Å². The summed E-state index contributed by atoms with van der Waals surface area (Å²) in [5, 5.41) is 8.06. The Morgan fingerprint density at radius 2 is 2.38 bits per heavy atom. The van der Waals surface area contributed by atoms with Crippen molar-refractivity contribution in [3.05, 3.63) is 12.7 Å². The molecule has 0 aliphatic heterocycles. The summed E-state index contributed by atoms with van der Waals surface area (Å²) in [7, 11) is 0. The van der Waals surface area contributed by atoms with Crippen molar-refractivity contribution < 1.29 is 19.7 Å². The molecule has 0 fully saturated rings. The molecule has 13 heavy (non-hydrogen) atoms. The maximum atomic E-state index is 10.8. The van der Waals surface area contributed by atoms with Crippen molar-refractivity contribution in [2.24, 2.45) is 0 Å². The average Bonchev–Trinajstić information content (AvgIpc) is 2.16. The maximum Gasteiger partial charge on any atom is 0.330 e. The summed E-state index contributed by atoms with van der Waals surface area (Å²) in [5.74, 6) is -0.406. The summed E-state index contributed by atoms with van der Waals surface area (Å²) in [6.45, 7) is 5.50. The van der Waals surface area contributed by atoms with Crippen molar-refractivity contribution in [3.8, 4) is 0 Å². The second kappa shape index (κ2) is 7.76. The van der Waals surface area contributed by atoms with E-state index in [0.717, 1.165) is 12.5 Å². The molecular formula is C9H16O4. The highest BCUT2D eigenvalue weighted by molar-refractivity contribution is 5.81. The first-order chi connectivity index (χ1) is 6.24. The molecule has 0 bridgehead atoms. The van der Waals surface area contributed by atoms with Gasteiger partial charge < -0.3 is 4.74 Å². The SMILES string of the molecule is C=CC(=O)OC(CC)CCCOO. The Morgan fingerprint density at radius 1 is 1.69 bits per heavy atom. The van der Waals surface area contributed by atoms with Crippen LogP contribution >= 0.6 is 0 Å². The summed E-state index contributed by atoms with van der Waals surface area (Å²) < 4.78 is 5.00. The minimum Gasteiger partial charge on any atom is -0.459 e. The quantitative estimate of drug-likeness (QED) is 0.217. The monoisotopic (exact) mass is 188 g/mol. The van der Waals surface area contributed by atoms with Crippen molar-refractivity contribution in [2.75, 3.05) is 6.61 Å². The van der Waals surface area contributed by atoms with Gasteiger partial charge in [0.2, 0.25) is 0 Å². The van der Waals surface area contributed by atoms with Crippen molar-refractivity contribution in [1.29, 1.82) is 0 Å². The Morgan fingerprint density at radius 3 is 2.85 bits per heavy atom. The highest BCUT2D eigenvalue weighted by atomic mass is 17.1. The van der Waals surface area contributed by atoms with E-state index < -0.39 is 5.97 Å². The third-order valence-corrected chi connectivity index (χ3v) is 1.67. The van der Waals surface area contributed by atoms with Crippen LogP contribution < -0.4 is 0 Å². The second-order valence-corrected chi connectivity index (χ2v) is 2.65. The standard InChI is InChI=1S/C9H16O4/c1-3-8(6-5-7-12-11)13-9(10)4-2/h4,8,11H,2-3,5-7H2,1H3. The Balaban J connectivity index is 3.62. The predicted octanol–water partition coefficient (Wildman–Crippen LogP) is 1.76. The molecule has 0 heterocycles. The molecule has 0 saturated carbocycles. The third kappa shape index (κ3) is 6.31. The van der Waals surface area contributed by atoms with Crippen LogP contribution in [0.4, 0.5) is 0 Å². The highest BCUT2D eigenvalue weighted by Crippen LogP contribution is 2.07. The summed E-state index contributed by atoms with van der Waals surface area (Å²) in [6, 6.07) is 0. The lowest BCUT2D eigenvalue weighted by molar-refractivity contribution is -0.243. The number of ether oxygens (including phenoxy) is 1. The number of carbonyl (C=O) groups excluding carboxylic acids is 1. The number of carbonyl (C=O) groups is 1. The van der Waals surface area contributed by atoms with Crippen molar-refractivity contribution in [2.45, 2.75) is 32.3 Å². The highest BCUT2D eigenvalue weighted by Gasteiger charge is 2.09. The van der Waals surface area contributed by atoms with E-state index in [1.54, 1.807) is 0 Å². The van der Waals surface area contributed by atoms with Crippen LogP contribution in [0.25, 0.3) is 0 Å². The van der Waals surface area contributed by atoms with E-state index in [4.69, 9.17) is 9.99 Å². The number of hydrogen-bond acceptors (Lipinski definition) is 4. The fourth-order valence-corrected chi connectivity index (χ4v) is 0.934. The summed E-state index contributed by atoms with van der Waals surface area (Å²) in [5.41, 5.74) is 0. The van der Waals surface area contributed by atoms with Crippen LogP contribution in [-0.4, -0.2) is 23.9 Å². The molecule has 0 aromatic rings. The summed E-state index contributed by atoms with van der Waals surface area (Å²) in [4.78, 5) is 14.7. The molecule has 0 rings (SSSR count). The van der Waals surface area contributed by atoms with Gasteiger partial charge in [0, 0.05) is 6.08 Å². The zero-order valence-corrected chi connectivity index (χ0v) is 7.86. The average molecular weight is 188 g/mol. The fraction of sp³-hybridized carbons (Fsp3) is 0.667. The van der Waals surface area contributed by atoms with Crippen molar-refractivity contribution in [1.82, 2.24) is 0 Å². The van der Waals surface area contributed by atoms with E-state index in [1.165, 1.54) is 0 Å². The number of rotatable bonds is 7. The van der Waals surface area contributed by atoms with Gasteiger partial charge in [0.25, 0.3) is 0 Å². The number of hydrogen-bond donors (Lipinski definition) is 1. The Bertz CT molecular complexity index is 156. The first kappa shape index (κ1) is 12.1. The molecule has 76 valence electrons. The predicted molar refractivity (Wildman–Crippen MR) is 48.2 cm³/mol. The molecule has 1 atom stereocenters. The van der Waals surface area contributed by atoms with E-state index in [9.17, 15) is 4.79 Å². The Labute approximate surface area is 78.1 Å². The van der Waals surface area contributed by atoms with Crippen LogP contribution in [0, 0.1) is 0 Å². The van der Waals surface area contributed by atoms with E-state index in [-0.39, 0.29) is 12.7 Å². The van der Waals surface area contributed by atoms with Crippen molar-refractivity contribution in [3.63, 3.8) is 0 Å². The van der Waals surface area contributed by atoms with Crippen LogP contribution in [0.1, 0.15) is 26.2 Å². The molecule has 1 N–H and O–H groups in total. The molecule has 0 aliphatic carbocycles. The normalized spacial score (nSPS) is 12.2. The molecule has 4 heteroatoms. The lowest BCUT2D eigenvalue weighted by Crippen LogP contribution is -2.16. The Kier molecular flexibility index (Phi) is 7.24. The van der Waals surface area contributed by atoms with E-state index in [1.807, 2.05) is 6.92 Å². The fourth-order valence-electron chi connectivity index (χ4n) is 0.934. The van der Waals surface area contributed by atoms with Gasteiger partial charge in [-0.1, -0.05) is 13.5 Å². The molecule has 0 radical (unpaired) electrons. The van der Waals surface area contributed by atoms with Crippen LogP contribution in [0.15, 0.2) is 12.7 Å². The number of esters is 1. The molecule has 1 unspecified atom stereocenters. The first-order valence-corrected chi connectivity index (χ1v) is 4.34. The van der Waals surface area contributed by atoms with Gasteiger partial charge in [-0.05, 0) is 19.3 Å². The lowest BCUT2D eigenvalue weighted by atomic mass is 10.1. The van der Waals surface area contributed by atoms with Gasteiger partial charge in [-0.3, -0.25) is 5.26 Å². The lowest BCUT2D eigenvalue weighted by Gasteiger charge is -2.13. The molecule has 4 nitrogen and oxygen atoms in total. The van der Waals surface area contributed by atoms with Crippen LogP contribution in [0.5, 0.6) is 0 Å². The zero-order valence-electron chi connectivity index (χ0n) is 7.86. The van der Waals surface area contributed by atoms with Crippen LogP contribution in [0.3, 0.4) is 0 Å². The molecule has 0 amide bonds. The van der Waals surface area contributed by atoms with Gasteiger partial charge in [0.1, 0.15) is 6.10 Å². The topological polar surface area (TPSA) is 55.8 Å². The minimum absolute atomic E-state index is 0.111. The molecule has 0 aromatic carbocycles. The maximum absolute atomic E-state index is 10.8. The van der Waals surface area contributed by atoms with Crippen LogP contribution in [-0.2, 0) is 14.4 Å². The third-order valence-electron chi connectivity index (χ3n) is 1.67. The van der Waals surface area contributed by atoms with Gasteiger partial charge in [-0.25, -0.2) is 9.68 Å². The van der Waals surface area contributed by atoms with E-state index in [0.29, 0.717) is 12.8 Å². The summed E-state index contributed by atoms with van der Waals surface area (Å²) in [6.07, 6.45) is 3.15. The summed E-state index contributed by atoms with van der Waals surface area (Å²) >= 11 is 0. The molecule has 0 spiro atoms. The van der Waals surface area contributed by atoms with Gasteiger partial charge in [-0.15, -0.1) is 0 Å². The van der Waals surface area contributed by atoms with E-state index >= 15 is 0 Å². The van der Waals surface area contributed by atoms with Gasteiger partial charge in [0.05, 0.1) is 6.61 Å². The molecule has 0 saturated heterocycles. The molecule has 0 aliphatic rings. The van der Waals surface area contributed by atoms with Gasteiger partial charge in [-0.2, -0.15) is 0 Å².